The monoisotopic (exact) mass is 336 g/mol. The van der Waals surface area contributed by atoms with Gasteiger partial charge in [0.2, 0.25) is 10.0 Å². The molecule has 0 amide bonds. The van der Waals surface area contributed by atoms with E-state index >= 15 is 0 Å². The zero-order chi connectivity index (χ0) is 14.9. The summed E-state index contributed by atoms with van der Waals surface area (Å²) in [6.45, 7) is 1.82. The van der Waals surface area contributed by atoms with Crippen LogP contribution in [0.3, 0.4) is 0 Å². The predicted octanol–water partition coefficient (Wildman–Crippen LogP) is 2.71. The second-order valence-electron chi connectivity index (χ2n) is 5.13. The van der Waals surface area contributed by atoms with Crippen molar-refractivity contribution < 1.29 is 8.42 Å². The van der Waals surface area contributed by atoms with Crippen molar-refractivity contribution in [3.8, 4) is 0 Å². The molecular formula is C13H18Cl2N2O2S. The quantitative estimate of drug-likeness (QED) is 0.852. The van der Waals surface area contributed by atoms with Gasteiger partial charge in [-0.2, -0.15) is 4.31 Å². The first kappa shape index (κ1) is 16.0. The number of piperidine rings is 1. The van der Waals surface area contributed by atoms with Gasteiger partial charge in [-0.1, -0.05) is 23.2 Å². The first-order valence-corrected chi connectivity index (χ1v) is 8.63. The molecule has 112 valence electrons. The Hall–Kier alpha value is -0.330. The molecule has 1 aliphatic heterocycles. The average molecular weight is 337 g/mol. The summed E-state index contributed by atoms with van der Waals surface area (Å²) in [6.07, 6.45) is 1.68. The Labute approximate surface area is 130 Å². The van der Waals surface area contributed by atoms with E-state index in [9.17, 15) is 8.42 Å². The standard InChI is InChI=1S/C13H18Cl2N2O2S/c1-16-7-5-10(6-8-16)17(2)20(18,19)11-3-4-12(14)13(15)9-11/h3-4,9-10H,5-8H2,1-2H3. The fraction of sp³-hybridized carbons (Fsp3) is 0.538. The first-order chi connectivity index (χ1) is 9.32. The SMILES string of the molecule is CN1CCC(N(C)S(=O)(=O)c2ccc(Cl)c(Cl)c2)CC1. The van der Waals surface area contributed by atoms with E-state index in [-0.39, 0.29) is 16.0 Å². The molecule has 1 saturated heterocycles. The van der Waals surface area contributed by atoms with Crippen LogP contribution in [0.15, 0.2) is 23.1 Å². The Balaban J connectivity index is 2.23. The average Bonchev–Trinajstić information content (AvgIpc) is 2.41. The smallest absolute Gasteiger partial charge is 0.243 e. The largest absolute Gasteiger partial charge is 0.306 e. The Morgan fingerprint density at radius 1 is 1.20 bits per heavy atom. The van der Waals surface area contributed by atoms with Crippen LogP contribution in [0.2, 0.25) is 10.0 Å². The first-order valence-electron chi connectivity index (χ1n) is 6.44. The van der Waals surface area contributed by atoms with E-state index in [1.807, 2.05) is 7.05 Å². The molecule has 0 atom stereocenters. The van der Waals surface area contributed by atoms with Gasteiger partial charge < -0.3 is 4.90 Å². The Kier molecular flexibility index (Phi) is 4.97. The van der Waals surface area contributed by atoms with Gasteiger partial charge in [-0.05, 0) is 51.2 Å². The number of hydrogen-bond donors (Lipinski definition) is 0. The van der Waals surface area contributed by atoms with Crippen molar-refractivity contribution in [1.29, 1.82) is 0 Å². The van der Waals surface area contributed by atoms with Gasteiger partial charge in [0.25, 0.3) is 0 Å². The van der Waals surface area contributed by atoms with Crippen LogP contribution >= 0.6 is 23.2 Å². The molecule has 0 N–H and O–H groups in total. The summed E-state index contributed by atoms with van der Waals surface area (Å²) in [7, 11) is 0.154. The van der Waals surface area contributed by atoms with Gasteiger partial charge >= 0.3 is 0 Å². The summed E-state index contributed by atoms with van der Waals surface area (Å²) in [4.78, 5) is 2.39. The minimum absolute atomic E-state index is 0.0330. The number of likely N-dealkylation sites (tertiary alicyclic amines) is 1. The van der Waals surface area contributed by atoms with Gasteiger partial charge in [-0.15, -0.1) is 0 Å². The summed E-state index contributed by atoms with van der Waals surface area (Å²) in [6, 6.07) is 4.45. The van der Waals surface area contributed by atoms with Crippen LogP contribution in [-0.4, -0.2) is 50.8 Å². The minimum atomic E-state index is -3.52. The van der Waals surface area contributed by atoms with E-state index in [0.29, 0.717) is 5.02 Å². The van der Waals surface area contributed by atoms with Crippen molar-refractivity contribution >= 4 is 33.2 Å². The highest BCUT2D eigenvalue weighted by Crippen LogP contribution is 2.28. The number of nitrogens with zero attached hydrogens (tertiary/aromatic N) is 2. The van der Waals surface area contributed by atoms with Crippen LogP contribution in [0, 0.1) is 0 Å². The van der Waals surface area contributed by atoms with E-state index < -0.39 is 10.0 Å². The summed E-state index contributed by atoms with van der Waals surface area (Å²) < 4.78 is 26.6. The highest BCUT2D eigenvalue weighted by Gasteiger charge is 2.30. The topological polar surface area (TPSA) is 40.6 Å². The molecule has 1 fully saturated rings. The van der Waals surface area contributed by atoms with Crippen molar-refractivity contribution in [2.75, 3.05) is 27.2 Å². The maximum Gasteiger partial charge on any atom is 0.243 e. The van der Waals surface area contributed by atoms with E-state index in [1.165, 1.54) is 22.5 Å². The van der Waals surface area contributed by atoms with Gasteiger partial charge in [0.05, 0.1) is 14.9 Å². The highest BCUT2D eigenvalue weighted by molar-refractivity contribution is 7.89. The summed E-state index contributed by atoms with van der Waals surface area (Å²) in [5, 5.41) is 0.608. The minimum Gasteiger partial charge on any atom is -0.306 e. The number of rotatable bonds is 3. The Morgan fingerprint density at radius 2 is 1.80 bits per heavy atom. The fourth-order valence-electron chi connectivity index (χ4n) is 2.36. The molecule has 0 bridgehead atoms. The van der Waals surface area contributed by atoms with E-state index in [4.69, 9.17) is 23.2 Å². The van der Waals surface area contributed by atoms with E-state index in [0.717, 1.165) is 25.9 Å². The number of hydrogen-bond acceptors (Lipinski definition) is 3. The van der Waals surface area contributed by atoms with Crippen LogP contribution in [0.25, 0.3) is 0 Å². The molecule has 2 rings (SSSR count). The molecule has 7 heteroatoms. The summed E-state index contributed by atoms with van der Waals surface area (Å²) in [5.41, 5.74) is 0. The third kappa shape index (κ3) is 3.28. The Bertz CT molecular complexity index is 584. The van der Waals surface area contributed by atoms with E-state index in [1.54, 1.807) is 7.05 Å². The van der Waals surface area contributed by atoms with Gasteiger partial charge in [-0.25, -0.2) is 8.42 Å². The zero-order valence-corrected chi connectivity index (χ0v) is 13.8. The van der Waals surface area contributed by atoms with Crippen LogP contribution in [0.5, 0.6) is 0 Å². The fourth-order valence-corrected chi connectivity index (χ4v) is 4.16. The molecule has 1 aromatic carbocycles. The zero-order valence-electron chi connectivity index (χ0n) is 11.5. The summed E-state index contributed by atoms with van der Waals surface area (Å²) in [5.74, 6) is 0. The number of sulfonamides is 1. The van der Waals surface area contributed by atoms with E-state index in [2.05, 4.69) is 4.90 Å². The molecule has 0 saturated carbocycles. The lowest BCUT2D eigenvalue weighted by molar-refractivity contribution is 0.197. The molecule has 0 unspecified atom stereocenters. The second-order valence-corrected chi connectivity index (χ2v) is 7.94. The molecule has 0 aromatic heterocycles. The lowest BCUT2D eigenvalue weighted by Crippen LogP contribution is -2.44. The van der Waals surface area contributed by atoms with Crippen LogP contribution in [0.4, 0.5) is 0 Å². The lowest BCUT2D eigenvalue weighted by Gasteiger charge is -2.34. The predicted molar refractivity (Wildman–Crippen MR) is 81.9 cm³/mol. The normalized spacial score (nSPS) is 18.6. The maximum atomic E-state index is 12.6. The van der Waals surface area contributed by atoms with Crippen LogP contribution < -0.4 is 0 Å². The van der Waals surface area contributed by atoms with Crippen LogP contribution in [0.1, 0.15) is 12.8 Å². The third-order valence-electron chi connectivity index (χ3n) is 3.77. The summed E-state index contributed by atoms with van der Waals surface area (Å²) >= 11 is 11.7. The molecule has 20 heavy (non-hydrogen) atoms. The molecular weight excluding hydrogens is 319 g/mol. The van der Waals surface area contributed by atoms with Gasteiger partial charge in [0, 0.05) is 13.1 Å². The molecule has 0 aliphatic carbocycles. The van der Waals surface area contributed by atoms with Crippen molar-refractivity contribution in [2.45, 2.75) is 23.8 Å². The van der Waals surface area contributed by atoms with Crippen LogP contribution in [-0.2, 0) is 10.0 Å². The molecule has 1 aliphatic rings. The molecule has 4 nitrogen and oxygen atoms in total. The highest BCUT2D eigenvalue weighted by atomic mass is 35.5. The Morgan fingerprint density at radius 3 is 2.35 bits per heavy atom. The van der Waals surface area contributed by atoms with Gasteiger partial charge in [0.15, 0.2) is 0 Å². The number of halogens is 2. The van der Waals surface area contributed by atoms with Crippen molar-refractivity contribution in [3.05, 3.63) is 28.2 Å². The molecule has 1 heterocycles. The third-order valence-corrected chi connectivity index (χ3v) is 6.42. The van der Waals surface area contributed by atoms with Gasteiger partial charge in [-0.3, -0.25) is 0 Å². The van der Waals surface area contributed by atoms with Gasteiger partial charge in [0.1, 0.15) is 0 Å². The molecule has 0 spiro atoms. The lowest BCUT2D eigenvalue weighted by atomic mass is 10.1. The number of benzene rings is 1. The van der Waals surface area contributed by atoms with Crippen molar-refractivity contribution in [2.24, 2.45) is 0 Å². The molecule has 0 radical (unpaired) electrons. The van der Waals surface area contributed by atoms with Crippen molar-refractivity contribution in [1.82, 2.24) is 9.21 Å². The molecule has 1 aromatic rings. The van der Waals surface area contributed by atoms with Crippen molar-refractivity contribution in [3.63, 3.8) is 0 Å². The second kappa shape index (κ2) is 6.20. The maximum absolute atomic E-state index is 12.6.